The van der Waals surface area contributed by atoms with E-state index in [0.29, 0.717) is 20.0 Å². The van der Waals surface area contributed by atoms with Crippen LogP contribution in [-0.4, -0.2) is 17.0 Å². The zero-order chi connectivity index (χ0) is 16.3. The molecular weight excluding hydrogens is 514 g/mol. The van der Waals surface area contributed by atoms with Crippen molar-refractivity contribution < 1.29 is 24.5 Å². The van der Waals surface area contributed by atoms with Gasteiger partial charge in [-0.15, -0.1) is 0 Å². The van der Waals surface area contributed by atoms with Crippen LogP contribution >= 0.6 is 45.2 Å². The summed E-state index contributed by atoms with van der Waals surface area (Å²) in [6, 6.07) is 3.48. The number of carboxylic acids is 1. The number of carbonyl (C=O) groups excluding carboxylic acids is 2. The number of carboxylic acid groups (broad SMARTS) is 1. The molecule has 1 aliphatic carbocycles. The first kappa shape index (κ1) is 17.8. The van der Waals surface area contributed by atoms with E-state index in [2.05, 4.69) is 0 Å². The molecule has 0 heterocycles. The quantitative estimate of drug-likeness (QED) is 0.478. The predicted molar refractivity (Wildman–Crippen MR) is 93.8 cm³/mol. The van der Waals surface area contributed by atoms with Gasteiger partial charge in [0.1, 0.15) is 12.4 Å². The molecule has 0 bridgehead atoms. The van der Waals surface area contributed by atoms with E-state index < -0.39 is 23.8 Å². The smallest absolute Gasteiger partial charge is 0.309 e. The molecule has 2 rings (SSSR count). The molecule has 1 fully saturated rings. The summed E-state index contributed by atoms with van der Waals surface area (Å²) in [6.45, 7) is 0.0708. The summed E-state index contributed by atoms with van der Waals surface area (Å²) in [4.78, 5) is 23.3. The van der Waals surface area contributed by atoms with Crippen molar-refractivity contribution in [1.29, 1.82) is 0 Å². The van der Waals surface area contributed by atoms with Gasteiger partial charge in [-0.2, -0.15) is 0 Å². The third kappa shape index (κ3) is 4.24. The molecule has 0 aliphatic heterocycles. The van der Waals surface area contributed by atoms with Gasteiger partial charge in [-0.25, -0.2) is 0 Å². The van der Waals surface area contributed by atoms with Crippen molar-refractivity contribution in [2.45, 2.75) is 32.3 Å². The Morgan fingerprint density at radius 3 is 2.27 bits per heavy atom. The monoisotopic (exact) mass is 529 g/mol. The summed E-state index contributed by atoms with van der Waals surface area (Å²) in [6.07, 6.45) is 2.63. The molecule has 0 aromatic heterocycles. The van der Waals surface area contributed by atoms with E-state index in [4.69, 9.17) is 4.74 Å². The number of carbonyl (C=O) groups is 2. The van der Waals surface area contributed by atoms with E-state index in [-0.39, 0.29) is 12.4 Å². The summed E-state index contributed by atoms with van der Waals surface area (Å²) < 4.78 is 6.64. The van der Waals surface area contributed by atoms with Crippen LogP contribution in [0.1, 0.15) is 31.2 Å². The van der Waals surface area contributed by atoms with Crippen molar-refractivity contribution in [3.8, 4) is 5.75 Å². The van der Waals surface area contributed by atoms with Gasteiger partial charge < -0.3 is 19.7 Å². The highest BCUT2D eigenvalue weighted by Crippen LogP contribution is 2.31. The van der Waals surface area contributed by atoms with Gasteiger partial charge in [0.15, 0.2) is 0 Å². The first-order valence-corrected chi connectivity index (χ1v) is 9.10. The van der Waals surface area contributed by atoms with Gasteiger partial charge in [-0.05, 0) is 75.7 Å². The molecule has 1 aromatic carbocycles. The number of phenols is 1. The van der Waals surface area contributed by atoms with E-state index in [0.717, 1.165) is 18.4 Å². The third-order valence-corrected chi connectivity index (χ3v) is 5.47. The number of rotatable bonds is 4. The molecule has 0 spiro atoms. The summed E-state index contributed by atoms with van der Waals surface area (Å²) in [5.41, 5.74) is 0.765. The number of aromatic hydroxyl groups is 1. The Morgan fingerprint density at radius 2 is 1.73 bits per heavy atom. The van der Waals surface area contributed by atoms with Gasteiger partial charge >= 0.3 is 5.97 Å². The SMILES string of the molecule is O=C([O-])C1CCCCC1C(=O)OCc1cc(I)c(O)c(I)c1. The molecule has 22 heavy (non-hydrogen) atoms. The van der Waals surface area contributed by atoms with Crippen LogP contribution in [0.3, 0.4) is 0 Å². The summed E-state index contributed by atoms with van der Waals surface area (Å²) in [5.74, 6) is -2.81. The molecule has 0 radical (unpaired) electrons. The summed E-state index contributed by atoms with van der Waals surface area (Å²) in [5, 5.41) is 20.8. The lowest BCUT2D eigenvalue weighted by Gasteiger charge is -2.30. The molecule has 0 saturated heterocycles. The van der Waals surface area contributed by atoms with Crippen LogP contribution in [0.2, 0.25) is 0 Å². The molecule has 7 heteroatoms. The Balaban J connectivity index is 2.01. The fraction of sp³-hybridized carbons (Fsp3) is 0.467. The van der Waals surface area contributed by atoms with Crippen molar-refractivity contribution in [2.24, 2.45) is 11.8 Å². The Labute approximate surface area is 155 Å². The van der Waals surface area contributed by atoms with Crippen LogP contribution in [0.15, 0.2) is 12.1 Å². The fourth-order valence-corrected chi connectivity index (χ4v) is 4.56. The lowest BCUT2D eigenvalue weighted by atomic mass is 9.79. The predicted octanol–water partition coefficient (Wildman–Crippen LogP) is 2.20. The standard InChI is InChI=1S/C15H16I2O5/c16-11-5-8(6-12(17)13(11)18)7-22-15(21)10-4-2-1-3-9(10)14(19)20/h5-6,9-10,18H,1-4,7H2,(H,19,20)/p-1. The van der Waals surface area contributed by atoms with Gasteiger partial charge in [-0.1, -0.05) is 12.8 Å². The van der Waals surface area contributed by atoms with Crippen LogP contribution in [-0.2, 0) is 20.9 Å². The molecule has 1 N–H and O–H groups in total. The maximum absolute atomic E-state index is 12.2. The zero-order valence-corrected chi connectivity index (χ0v) is 16.0. The van der Waals surface area contributed by atoms with E-state index in [1.165, 1.54) is 0 Å². The topological polar surface area (TPSA) is 86.7 Å². The van der Waals surface area contributed by atoms with Gasteiger partial charge in [0.25, 0.3) is 0 Å². The summed E-state index contributed by atoms with van der Waals surface area (Å²) >= 11 is 4.01. The molecule has 0 amide bonds. The largest absolute Gasteiger partial charge is 0.550 e. The Bertz CT molecular complexity index is 564. The second-order valence-electron chi connectivity index (χ2n) is 5.33. The number of hydrogen-bond acceptors (Lipinski definition) is 5. The highest BCUT2D eigenvalue weighted by molar-refractivity contribution is 14.1. The van der Waals surface area contributed by atoms with Crippen molar-refractivity contribution in [3.63, 3.8) is 0 Å². The normalized spacial score (nSPS) is 21.4. The van der Waals surface area contributed by atoms with Crippen LogP contribution in [0.5, 0.6) is 5.75 Å². The Kier molecular flexibility index (Phi) is 6.30. The van der Waals surface area contributed by atoms with Crippen molar-refractivity contribution >= 4 is 57.1 Å². The van der Waals surface area contributed by atoms with E-state index >= 15 is 0 Å². The Hall–Kier alpha value is -0.580. The lowest BCUT2D eigenvalue weighted by Crippen LogP contribution is -2.41. The van der Waals surface area contributed by atoms with Crippen LogP contribution in [0, 0.1) is 19.0 Å². The van der Waals surface area contributed by atoms with Crippen molar-refractivity contribution in [2.75, 3.05) is 0 Å². The fourth-order valence-electron chi connectivity index (χ4n) is 2.66. The highest BCUT2D eigenvalue weighted by atomic mass is 127. The third-order valence-electron chi connectivity index (χ3n) is 3.83. The average Bonchev–Trinajstić information content (AvgIpc) is 2.50. The van der Waals surface area contributed by atoms with E-state index in [1.807, 2.05) is 45.2 Å². The molecule has 2 unspecified atom stereocenters. The molecule has 1 saturated carbocycles. The average molecular weight is 529 g/mol. The van der Waals surface area contributed by atoms with Gasteiger partial charge in [0.2, 0.25) is 0 Å². The number of ether oxygens (including phenoxy) is 1. The maximum Gasteiger partial charge on any atom is 0.309 e. The molecule has 1 aliphatic rings. The lowest BCUT2D eigenvalue weighted by molar-refractivity contribution is -0.314. The van der Waals surface area contributed by atoms with Crippen molar-refractivity contribution in [3.05, 3.63) is 24.8 Å². The molecule has 1 aromatic rings. The molecule has 5 nitrogen and oxygen atoms in total. The number of hydrogen-bond donors (Lipinski definition) is 1. The van der Waals surface area contributed by atoms with Crippen LogP contribution < -0.4 is 5.11 Å². The Morgan fingerprint density at radius 1 is 1.18 bits per heavy atom. The number of benzene rings is 1. The highest BCUT2D eigenvalue weighted by Gasteiger charge is 2.32. The van der Waals surface area contributed by atoms with Crippen LogP contribution in [0.25, 0.3) is 0 Å². The minimum Gasteiger partial charge on any atom is -0.550 e. The number of halogens is 2. The molecule has 2 atom stereocenters. The van der Waals surface area contributed by atoms with E-state index in [1.54, 1.807) is 12.1 Å². The van der Waals surface area contributed by atoms with Crippen LogP contribution in [0.4, 0.5) is 0 Å². The van der Waals surface area contributed by atoms with E-state index in [9.17, 15) is 19.8 Å². The second-order valence-corrected chi connectivity index (χ2v) is 7.66. The van der Waals surface area contributed by atoms with Gasteiger partial charge in [-0.3, -0.25) is 4.79 Å². The number of aliphatic carboxylic acids is 1. The molecule has 120 valence electrons. The maximum atomic E-state index is 12.2. The van der Waals surface area contributed by atoms with Gasteiger partial charge in [0, 0.05) is 11.9 Å². The zero-order valence-electron chi connectivity index (χ0n) is 11.7. The first-order chi connectivity index (χ1) is 10.4. The van der Waals surface area contributed by atoms with Gasteiger partial charge in [0.05, 0.1) is 13.1 Å². The second kappa shape index (κ2) is 7.80. The minimum atomic E-state index is -1.17. The summed E-state index contributed by atoms with van der Waals surface area (Å²) in [7, 11) is 0. The van der Waals surface area contributed by atoms with Crippen molar-refractivity contribution in [1.82, 2.24) is 0 Å². The number of esters is 1. The first-order valence-electron chi connectivity index (χ1n) is 6.94. The number of phenolic OH excluding ortho intramolecular Hbond substituents is 1. The molecular formula is C15H15I2O5-. The minimum absolute atomic E-state index is 0.0708.